The summed E-state index contributed by atoms with van der Waals surface area (Å²) in [6.07, 6.45) is 1.56. The van der Waals surface area contributed by atoms with Crippen molar-refractivity contribution < 1.29 is 28.7 Å². The van der Waals surface area contributed by atoms with Crippen LogP contribution in [0.1, 0.15) is 64.6 Å². The van der Waals surface area contributed by atoms with Crippen LogP contribution < -0.4 is 5.32 Å². The normalized spacial score (nSPS) is 19.6. The number of nitrogens with zero attached hydrogens (tertiary/aromatic N) is 2. The van der Waals surface area contributed by atoms with Crippen LogP contribution in [0.15, 0.2) is 36.4 Å². The summed E-state index contributed by atoms with van der Waals surface area (Å²) >= 11 is 0. The Balaban J connectivity index is 1.35. The number of hydrogen-bond acceptors (Lipinski definition) is 6. The molecule has 9 heteroatoms. The fourth-order valence-corrected chi connectivity index (χ4v) is 4.23. The number of fused-ring (bicyclic) bond motifs is 2. The maximum atomic E-state index is 12.8. The van der Waals surface area contributed by atoms with Crippen molar-refractivity contribution in [3.05, 3.63) is 64.2 Å². The quantitative estimate of drug-likeness (QED) is 0.738. The molecule has 0 radical (unpaired) electrons. The van der Waals surface area contributed by atoms with Crippen molar-refractivity contribution in [1.29, 1.82) is 0 Å². The average molecular weight is 433 g/mol. The molecule has 1 atom stereocenters. The Bertz CT molecular complexity index is 1210. The van der Waals surface area contributed by atoms with E-state index in [0.29, 0.717) is 12.3 Å². The Hall–Kier alpha value is -3.85. The van der Waals surface area contributed by atoms with Gasteiger partial charge in [-0.1, -0.05) is 0 Å². The first-order valence-corrected chi connectivity index (χ1v) is 10.2. The third kappa shape index (κ3) is 3.09. The molecule has 2 aromatic carbocycles. The van der Waals surface area contributed by atoms with Crippen molar-refractivity contribution in [2.75, 3.05) is 25.5 Å². The van der Waals surface area contributed by atoms with Crippen molar-refractivity contribution in [2.24, 2.45) is 0 Å². The van der Waals surface area contributed by atoms with Crippen molar-refractivity contribution in [2.45, 2.75) is 18.9 Å². The molecule has 5 rings (SSSR count). The van der Waals surface area contributed by atoms with Gasteiger partial charge in [-0.05, 0) is 49.2 Å². The Labute approximate surface area is 182 Å². The number of hydrogen-bond donors (Lipinski definition) is 1. The van der Waals surface area contributed by atoms with Gasteiger partial charge in [0.1, 0.15) is 0 Å². The van der Waals surface area contributed by atoms with Gasteiger partial charge in [0.2, 0.25) is 0 Å². The minimum absolute atomic E-state index is 0.148. The van der Waals surface area contributed by atoms with E-state index in [2.05, 4.69) is 5.32 Å². The van der Waals surface area contributed by atoms with E-state index in [4.69, 9.17) is 4.74 Å². The van der Waals surface area contributed by atoms with Gasteiger partial charge in [0.25, 0.3) is 29.5 Å². The van der Waals surface area contributed by atoms with E-state index in [1.54, 1.807) is 6.07 Å². The van der Waals surface area contributed by atoms with Gasteiger partial charge in [-0.3, -0.25) is 33.8 Å². The van der Waals surface area contributed by atoms with Crippen LogP contribution in [0.3, 0.4) is 0 Å². The van der Waals surface area contributed by atoms with Crippen molar-refractivity contribution in [3.63, 3.8) is 0 Å². The molecule has 1 unspecified atom stereocenters. The first kappa shape index (κ1) is 20.1. The second kappa shape index (κ2) is 7.38. The van der Waals surface area contributed by atoms with E-state index in [1.807, 2.05) is 0 Å². The van der Waals surface area contributed by atoms with Crippen LogP contribution in [0.25, 0.3) is 0 Å². The lowest BCUT2D eigenvalue weighted by molar-refractivity contribution is 0.0475. The van der Waals surface area contributed by atoms with E-state index in [0.717, 1.165) is 17.7 Å². The zero-order chi connectivity index (χ0) is 22.6. The first-order valence-electron chi connectivity index (χ1n) is 10.2. The summed E-state index contributed by atoms with van der Waals surface area (Å²) in [5, 5.41) is 2.68. The molecule has 3 heterocycles. The average Bonchev–Trinajstić information content (AvgIpc) is 3.45. The smallest absolute Gasteiger partial charge is 0.261 e. The van der Waals surface area contributed by atoms with Gasteiger partial charge >= 0.3 is 0 Å². The number of anilines is 1. The van der Waals surface area contributed by atoms with Crippen LogP contribution in [0.5, 0.6) is 0 Å². The Morgan fingerprint density at radius 2 is 1.59 bits per heavy atom. The molecule has 0 spiro atoms. The summed E-state index contributed by atoms with van der Waals surface area (Å²) in [5.41, 5.74) is 1.47. The predicted molar refractivity (Wildman–Crippen MR) is 112 cm³/mol. The highest BCUT2D eigenvalue weighted by atomic mass is 16.5. The van der Waals surface area contributed by atoms with Gasteiger partial charge in [0.15, 0.2) is 0 Å². The molecule has 0 saturated carbocycles. The van der Waals surface area contributed by atoms with Crippen molar-refractivity contribution in [3.8, 4) is 0 Å². The Morgan fingerprint density at radius 3 is 2.34 bits per heavy atom. The van der Waals surface area contributed by atoms with Crippen LogP contribution >= 0.6 is 0 Å². The number of rotatable bonds is 4. The molecule has 1 N–H and O–H groups in total. The summed E-state index contributed by atoms with van der Waals surface area (Å²) in [6, 6.07) is 8.82. The van der Waals surface area contributed by atoms with Gasteiger partial charge in [-0.25, -0.2) is 0 Å². The molecule has 32 heavy (non-hydrogen) atoms. The lowest BCUT2D eigenvalue weighted by Gasteiger charge is -2.17. The molecular weight excluding hydrogens is 414 g/mol. The highest BCUT2D eigenvalue weighted by Crippen LogP contribution is 2.28. The standard InChI is InChI=1S/C23H19N3O6/c1-25-20(28)15-6-4-12(9-17(15)21(25)29)19(27)24-13-5-7-16-18(10-13)23(31)26(22(16)30)11-14-3-2-8-32-14/h4-7,9-10,14H,2-3,8,11H2,1H3,(H,24,27). The Morgan fingerprint density at radius 1 is 0.938 bits per heavy atom. The minimum Gasteiger partial charge on any atom is -0.376 e. The molecule has 9 nitrogen and oxygen atoms in total. The molecule has 5 amide bonds. The summed E-state index contributed by atoms with van der Waals surface area (Å²) in [6.45, 7) is 0.840. The molecule has 3 aliphatic rings. The summed E-state index contributed by atoms with van der Waals surface area (Å²) in [5.74, 6) is -2.17. The lowest BCUT2D eigenvalue weighted by atomic mass is 10.0. The molecule has 3 aliphatic heterocycles. The number of carbonyl (C=O) groups excluding carboxylic acids is 5. The van der Waals surface area contributed by atoms with Crippen LogP contribution in [-0.4, -0.2) is 65.6 Å². The largest absolute Gasteiger partial charge is 0.376 e. The summed E-state index contributed by atoms with van der Waals surface area (Å²) < 4.78 is 5.54. The Kier molecular flexibility index (Phi) is 4.63. The third-order valence-electron chi connectivity index (χ3n) is 5.99. The lowest BCUT2D eigenvalue weighted by Crippen LogP contribution is -2.36. The highest BCUT2D eigenvalue weighted by molar-refractivity contribution is 6.23. The molecule has 1 fully saturated rings. The molecule has 0 aliphatic carbocycles. The molecule has 162 valence electrons. The minimum atomic E-state index is -0.504. The van der Waals surface area contributed by atoms with Gasteiger partial charge in [-0.15, -0.1) is 0 Å². The van der Waals surface area contributed by atoms with Crippen LogP contribution in [-0.2, 0) is 4.74 Å². The number of imide groups is 2. The monoisotopic (exact) mass is 433 g/mol. The van der Waals surface area contributed by atoms with Crippen LogP contribution in [0, 0.1) is 0 Å². The zero-order valence-electron chi connectivity index (χ0n) is 17.2. The van der Waals surface area contributed by atoms with Gasteiger partial charge in [-0.2, -0.15) is 0 Å². The predicted octanol–water partition coefficient (Wildman–Crippen LogP) is 1.94. The number of nitrogens with one attached hydrogen (secondary N) is 1. The molecule has 1 saturated heterocycles. The van der Waals surface area contributed by atoms with E-state index in [-0.39, 0.29) is 46.4 Å². The van der Waals surface area contributed by atoms with E-state index in [9.17, 15) is 24.0 Å². The highest BCUT2D eigenvalue weighted by Gasteiger charge is 2.38. The molecular formula is C23H19N3O6. The van der Waals surface area contributed by atoms with Crippen molar-refractivity contribution >= 4 is 35.2 Å². The fraction of sp³-hybridized carbons (Fsp3) is 0.261. The number of ether oxygens (including phenoxy) is 1. The van der Waals surface area contributed by atoms with Crippen LogP contribution in [0.2, 0.25) is 0 Å². The number of carbonyl (C=O) groups is 5. The van der Waals surface area contributed by atoms with Gasteiger partial charge < -0.3 is 10.1 Å². The third-order valence-corrected chi connectivity index (χ3v) is 5.99. The van der Waals surface area contributed by atoms with E-state index < -0.39 is 23.6 Å². The topological polar surface area (TPSA) is 113 Å². The van der Waals surface area contributed by atoms with Gasteiger partial charge in [0.05, 0.1) is 34.9 Å². The second-order valence-corrected chi connectivity index (χ2v) is 8.00. The van der Waals surface area contributed by atoms with Gasteiger partial charge in [0, 0.05) is 24.9 Å². The number of amides is 5. The van der Waals surface area contributed by atoms with Crippen molar-refractivity contribution in [1.82, 2.24) is 9.80 Å². The molecule has 2 aromatic rings. The second-order valence-electron chi connectivity index (χ2n) is 8.00. The van der Waals surface area contributed by atoms with Crippen LogP contribution in [0.4, 0.5) is 5.69 Å². The number of benzene rings is 2. The zero-order valence-corrected chi connectivity index (χ0v) is 17.2. The SMILES string of the molecule is CN1C(=O)c2ccc(C(=O)Nc3ccc4c(c3)C(=O)N(CC3CCCO3)C4=O)cc2C1=O. The molecule has 0 bridgehead atoms. The fourth-order valence-electron chi connectivity index (χ4n) is 4.23. The first-order chi connectivity index (χ1) is 15.3. The maximum absolute atomic E-state index is 12.8. The summed E-state index contributed by atoms with van der Waals surface area (Å²) in [7, 11) is 1.38. The van der Waals surface area contributed by atoms with E-state index in [1.165, 1.54) is 42.3 Å². The molecule has 0 aromatic heterocycles. The summed E-state index contributed by atoms with van der Waals surface area (Å²) in [4.78, 5) is 64.5. The van der Waals surface area contributed by atoms with E-state index >= 15 is 0 Å². The maximum Gasteiger partial charge on any atom is 0.261 e.